The molecule has 146 valence electrons. The number of aryl methyl sites for hydroxylation is 1. The number of nitrogens with zero attached hydrogens (tertiary/aromatic N) is 5. The first kappa shape index (κ1) is 18.4. The summed E-state index contributed by atoms with van der Waals surface area (Å²) < 4.78 is 1.69. The van der Waals surface area contributed by atoms with Gasteiger partial charge in [-0.2, -0.15) is 5.10 Å². The number of carbonyl (C=O) groups is 1. The molecule has 1 aromatic carbocycles. The maximum atomic E-state index is 13.0. The molecule has 0 radical (unpaired) electrons. The lowest BCUT2D eigenvalue weighted by atomic mass is 9.82. The minimum atomic E-state index is -0.226. The fourth-order valence-electron chi connectivity index (χ4n) is 3.73. The Kier molecular flexibility index (Phi) is 4.72. The number of nitrogens with one attached hydrogen (secondary N) is 1. The Morgan fingerprint density at radius 3 is 3.04 bits per heavy atom. The summed E-state index contributed by atoms with van der Waals surface area (Å²) in [6.45, 7) is 3.41. The first-order valence-electron chi connectivity index (χ1n) is 9.39. The molecule has 2 N–H and O–H groups in total. The molecule has 1 atom stereocenters. The van der Waals surface area contributed by atoms with Gasteiger partial charge in [0.05, 0.1) is 18.2 Å². The zero-order valence-corrected chi connectivity index (χ0v) is 16.1. The van der Waals surface area contributed by atoms with Gasteiger partial charge in [-0.1, -0.05) is 13.0 Å². The van der Waals surface area contributed by atoms with Crippen molar-refractivity contribution in [2.45, 2.75) is 19.8 Å². The van der Waals surface area contributed by atoms with Crippen LogP contribution in [-0.2, 0) is 7.05 Å². The smallest absolute Gasteiger partial charge is 0.253 e. The normalized spacial score (nSPS) is 19.8. The van der Waals surface area contributed by atoms with Gasteiger partial charge in [-0.15, -0.1) is 0 Å². The molecule has 0 saturated carbocycles. The number of aliphatic hydroxyl groups is 1. The number of likely N-dealkylation sites (tertiary alicyclic amines) is 1. The topological polar surface area (TPSA) is 96.2 Å². The number of aliphatic hydroxyl groups excluding tert-OH is 1. The van der Waals surface area contributed by atoms with Gasteiger partial charge >= 0.3 is 0 Å². The molecule has 0 aliphatic carbocycles. The highest BCUT2D eigenvalue weighted by atomic mass is 16.3. The first-order valence-corrected chi connectivity index (χ1v) is 9.39. The molecular formula is C20H24N6O2. The molecule has 0 spiro atoms. The van der Waals surface area contributed by atoms with Crippen LogP contribution in [0.2, 0.25) is 0 Å². The van der Waals surface area contributed by atoms with Gasteiger partial charge in [-0.05, 0) is 31.0 Å². The van der Waals surface area contributed by atoms with Gasteiger partial charge in [0.1, 0.15) is 12.1 Å². The van der Waals surface area contributed by atoms with Crippen LogP contribution in [0, 0.1) is 5.41 Å². The quantitative estimate of drug-likeness (QED) is 0.721. The van der Waals surface area contributed by atoms with E-state index in [4.69, 9.17) is 0 Å². The minimum absolute atomic E-state index is 0.0164. The van der Waals surface area contributed by atoms with Crippen molar-refractivity contribution in [1.29, 1.82) is 0 Å². The third kappa shape index (κ3) is 3.43. The summed E-state index contributed by atoms with van der Waals surface area (Å²) in [5.41, 5.74) is 1.90. The molecule has 1 amide bonds. The minimum Gasteiger partial charge on any atom is -0.396 e. The van der Waals surface area contributed by atoms with Crippen LogP contribution in [0.4, 0.5) is 11.5 Å². The largest absolute Gasteiger partial charge is 0.396 e. The lowest BCUT2D eigenvalue weighted by molar-refractivity contribution is 0.0358. The number of aromatic nitrogens is 4. The van der Waals surface area contributed by atoms with E-state index < -0.39 is 0 Å². The fourth-order valence-corrected chi connectivity index (χ4v) is 3.73. The SMILES string of the molecule is Cn1ncc2c(Nc3cccc(C(=O)N4CCCC(C)(CO)C4)c3)ncnc21. The van der Waals surface area contributed by atoms with Crippen molar-refractivity contribution < 1.29 is 9.90 Å². The van der Waals surface area contributed by atoms with E-state index in [9.17, 15) is 9.90 Å². The number of piperidine rings is 1. The van der Waals surface area contributed by atoms with E-state index in [1.165, 1.54) is 6.33 Å². The number of hydrogen-bond acceptors (Lipinski definition) is 6. The predicted molar refractivity (Wildman–Crippen MR) is 106 cm³/mol. The van der Waals surface area contributed by atoms with Gasteiger partial charge in [-0.3, -0.25) is 9.48 Å². The number of amides is 1. The number of rotatable bonds is 4. The number of benzene rings is 1. The summed E-state index contributed by atoms with van der Waals surface area (Å²) in [6.07, 6.45) is 5.05. The van der Waals surface area contributed by atoms with Crippen molar-refractivity contribution in [2.24, 2.45) is 12.5 Å². The van der Waals surface area contributed by atoms with Crippen LogP contribution in [-0.4, -0.2) is 55.4 Å². The Balaban J connectivity index is 1.57. The highest BCUT2D eigenvalue weighted by Crippen LogP contribution is 2.30. The van der Waals surface area contributed by atoms with Crippen LogP contribution in [0.1, 0.15) is 30.1 Å². The summed E-state index contributed by atoms with van der Waals surface area (Å²) in [5.74, 6) is 0.630. The predicted octanol–water partition coefficient (Wildman–Crippen LogP) is 2.34. The number of hydrogen-bond donors (Lipinski definition) is 2. The third-order valence-corrected chi connectivity index (χ3v) is 5.35. The van der Waals surface area contributed by atoms with E-state index in [0.717, 1.165) is 29.6 Å². The van der Waals surface area contributed by atoms with Gasteiger partial charge in [-0.25, -0.2) is 9.97 Å². The first-order chi connectivity index (χ1) is 13.5. The third-order valence-electron chi connectivity index (χ3n) is 5.35. The average molecular weight is 380 g/mol. The van der Waals surface area contributed by atoms with Crippen LogP contribution < -0.4 is 5.32 Å². The van der Waals surface area contributed by atoms with Crippen LogP contribution in [0.5, 0.6) is 0 Å². The molecule has 8 nitrogen and oxygen atoms in total. The molecule has 1 saturated heterocycles. The van der Waals surface area contributed by atoms with E-state index in [0.29, 0.717) is 24.5 Å². The van der Waals surface area contributed by atoms with Crippen molar-refractivity contribution in [3.63, 3.8) is 0 Å². The van der Waals surface area contributed by atoms with Crippen LogP contribution >= 0.6 is 0 Å². The van der Waals surface area contributed by atoms with Crippen molar-refractivity contribution in [3.8, 4) is 0 Å². The second-order valence-corrected chi connectivity index (χ2v) is 7.73. The van der Waals surface area contributed by atoms with Crippen molar-refractivity contribution in [3.05, 3.63) is 42.4 Å². The molecule has 2 aromatic heterocycles. The molecule has 1 aliphatic heterocycles. The van der Waals surface area contributed by atoms with Gasteiger partial charge in [0.15, 0.2) is 5.65 Å². The maximum Gasteiger partial charge on any atom is 0.253 e. The summed E-state index contributed by atoms with van der Waals surface area (Å²) >= 11 is 0. The summed E-state index contributed by atoms with van der Waals surface area (Å²) in [4.78, 5) is 23.4. The zero-order chi connectivity index (χ0) is 19.7. The molecule has 8 heteroatoms. The molecule has 4 rings (SSSR count). The zero-order valence-electron chi connectivity index (χ0n) is 16.1. The van der Waals surface area contributed by atoms with E-state index >= 15 is 0 Å². The average Bonchev–Trinajstić information content (AvgIpc) is 3.10. The van der Waals surface area contributed by atoms with Crippen molar-refractivity contribution in [1.82, 2.24) is 24.6 Å². The Morgan fingerprint density at radius 1 is 1.36 bits per heavy atom. The molecule has 1 aliphatic rings. The molecule has 3 aromatic rings. The summed E-state index contributed by atoms with van der Waals surface area (Å²) in [5, 5.41) is 18.0. The Labute approximate surface area is 163 Å². The molecule has 0 bridgehead atoms. The van der Waals surface area contributed by atoms with E-state index in [-0.39, 0.29) is 17.9 Å². The van der Waals surface area contributed by atoms with Crippen LogP contribution in [0.15, 0.2) is 36.8 Å². The highest BCUT2D eigenvalue weighted by Gasteiger charge is 2.32. The number of carbonyl (C=O) groups excluding carboxylic acids is 1. The monoisotopic (exact) mass is 380 g/mol. The molecule has 1 unspecified atom stereocenters. The van der Waals surface area contributed by atoms with Gasteiger partial charge in [0, 0.05) is 36.8 Å². The second kappa shape index (κ2) is 7.20. The molecule has 28 heavy (non-hydrogen) atoms. The lowest BCUT2D eigenvalue weighted by Gasteiger charge is -2.39. The van der Waals surface area contributed by atoms with Crippen LogP contribution in [0.25, 0.3) is 11.0 Å². The van der Waals surface area contributed by atoms with Crippen molar-refractivity contribution in [2.75, 3.05) is 25.0 Å². The highest BCUT2D eigenvalue weighted by molar-refractivity contribution is 5.96. The van der Waals surface area contributed by atoms with Gasteiger partial charge in [0.2, 0.25) is 0 Å². The van der Waals surface area contributed by atoms with E-state index in [1.807, 2.05) is 43.1 Å². The van der Waals surface area contributed by atoms with Crippen LogP contribution in [0.3, 0.4) is 0 Å². The summed E-state index contributed by atoms with van der Waals surface area (Å²) in [6, 6.07) is 7.40. The number of fused-ring (bicyclic) bond motifs is 1. The summed E-state index contributed by atoms with van der Waals surface area (Å²) in [7, 11) is 1.83. The number of anilines is 2. The van der Waals surface area contributed by atoms with E-state index in [2.05, 4.69) is 20.4 Å². The van der Waals surface area contributed by atoms with Gasteiger partial charge in [0.25, 0.3) is 5.91 Å². The maximum absolute atomic E-state index is 13.0. The molecular weight excluding hydrogens is 356 g/mol. The lowest BCUT2D eigenvalue weighted by Crippen LogP contribution is -2.46. The van der Waals surface area contributed by atoms with E-state index in [1.54, 1.807) is 10.9 Å². The van der Waals surface area contributed by atoms with Crippen molar-refractivity contribution >= 4 is 28.4 Å². The Bertz CT molecular complexity index is 1020. The Hall–Kier alpha value is -3.00. The fraction of sp³-hybridized carbons (Fsp3) is 0.400. The van der Waals surface area contributed by atoms with Gasteiger partial charge < -0.3 is 15.3 Å². The second-order valence-electron chi connectivity index (χ2n) is 7.73. The molecule has 3 heterocycles. The Morgan fingerprint density at radius 2 is 2.21 bits per heavy atom. The molecule has 1 fully saturated rings. The standard InChI is InChI=1S/C20H24N6O2/c1-20(12-27)7-4-8-26(11-20)19(28)14-5-3-6-15(9-14)24-17-16-10-23-25(2)18(16)22-13-21-17/h3,5-6,9-10,13,27H,4,7-8,11-12H2,1-2H3,(H,21,22,24).